The Morgan fingerprint density at radius 3 is 2.37 bits per heavy atom. The molecule has 2 aromatic rings. The smallest absolute Gasteiger partial charge is 0.295 e. The maximum Gasteiger partial charge on any atom is 0.295 e. The monoisotopic (exact) mass is 449 g/mol. The van der Waals surface area contributed by atoms with E-state index in [0.717, 1.165) is 4.90 Å². The number of carbonyl (C=O) groups is 2. The largest absolute Gasteiger partial charge is 0.507 e. The molecule has 0 aliphatic carbocycles. The van der Waals surface area contributed by atoms with Crippen LogP contribution in [0, 0.1) is 5.82 Å². The average Bonchev–Trinajstić information content (AvgIpc) is 3.19. The van der Waals surface area contributed by atoms with Crippen molar-refractivity contribution in [1.29, 1.82) is 0 Å². The molecule has 156 valence electrons. The van der Waals surface area contributed by atoms with Crippen molar-refractivity contribution < 1.29 is 27.5 Å². The number of aliphatic hydroxyl groups excluding tert-OH is 1. The van der Waals surface area contributed by atoms with Crippen LogP contribution in [-0.2, 0) is 19.4 Å². The number of aliphatic hydroxyl groups is 1. The van der Waals surface area contributed by atoms with Crippen LogP contribution in [0.2, 0.25) is 5.02 Å². The lowest BCUT2D eigenvalue weighted by Crippen LogP contribution is -2.40. The number of carbonyl (C=O) groups excluding carboxylic acids is 2. The van der Waals surface area contributed by atoms with Gasteiger partial charge in [-0.3, -0.25) is 9.59 Å². The van der Waals surface area contributed by atoms with Gasteiger partial charge in [0.15, 0.2) is 9.84 Å². The summed E-state index contributed by atoms with van der Waals surface area (Å²) in [6.45, 7) is 0. The standard InChI is InChI=1S/C21H17ClFNO5S/c22-13-7-5-12(6-8-13)19(25)17-18(15-3-1-2-4-16(15)23)24(21(27)20(17)26)14-9-10-30(28,29)11-14/h1-8,14,18,25H,9-11H2/b19-17-. The summed E-state index contributed by atoms with van der Waals surface area (Å²) in [5, 5.41) is 11.3. The number of nitrogens with zero attached hydrogens (tertiary/aromatic N) is 1. The Hall–Kier alpha value is -2.71. The van der Waals surface area contributed by atoms with E-state index in [2.05, 4.69) is 0 Å². The first-order valence-corrected chi connectivity index (χ1v) is 11.4. The fourth-order valence-corrected chi connectivity index (χ4v) is 5.82. The van der Waals surface area contributed by atoms with E-state index in [-0.39, 0.29) is 34.6 Å². The number of ketones is 1. The summed E-state index contributed by atoms with van der Waals surface area (Å²) in [5.74, 6) is -3.52. The van der Waals surface area contributed by atoms with Crippen LogP contribution in [0.4, 0.5) is 4.39 Å². The molecule has 30 heavy (non-hydrogen) atoms. The van der Waals surface area contributed by atoms with Gasteiger partial charge in [-0.1, -0.05) is 29.8 Å². The van der Waals surface area contributed by atoms with Crippen LogP contribution in [0.25, 0.3) is 5.76 Å². The molecule has 4 rings (SSSR count). The van der Waals surface area contributed by atoms with Gasteiger partial charge in [0, 0.05) is 22.2 Å². The van der Waals surface area contributed by atoms with Crippen LogP contribution in [0.3, 0.4) is 0 Å². The lowest BCUT2D eigenvalue weighted by molar-refractivity contribution is -0.141. The molecular weight excluding hydrogens is 433 g/mol. The molecule has 2 atom stereocenters. The number of amides is 1. The molecule has 0 spiro atoms. The number of rotatable bonds is 3. The zero-order chi connectivity index (χ0) is 21.6. The van der Waals surface area contributed by atoms with Crippen molar-refractivity contribution in [2.75, 3.05) is 11.5 Å². The molecule has 2 aliphatic heterocycles. The average molecular weight is 450 g/mol. The van der Waals surface area contributed by atoms with E-state index >= 15 is 0 Å². The van der Waals surface area contributed by atoms with Gasteiger partial charge >= 0.3 is 0 Å². The molecule has 0 saturated carbocycles. The first-order chi connectivity index (χ1) is 14.2. The maximum absolute atomic E-state index is 14.7. The zero-order valence-corrected chi connectivity index (χ0v) is 17.2. The molecule has 2 aromatic carbocycles. The molecule has 2 aliphatic rings. The Morgan fingerprint density at radius 1 is 1.10 bits per heavy atom. The number of sulfone groups is 1. The van der Waals surface area contributed by atoms with Gasteiger partial charge in [0.2, 0.25) is 0 Å². The predicted molar refractivity (Wildman–Crippen MR) is 109 cm³/mol. The highest BCUT2D eigenvalue weighted by Gasteiger charge is 2.51. The molecule has 6 nitrogen and oxygen atoms in total. The number of likely N-dealkylation sites (tertiary alicyclic amines) is 1. The number of halogens is 2. The highest BCUT2D eigenvalue weighted by molar-refractivity contribution is 7.91. The lowest BCUT2D eigenvalue weighted by atomic mass is 9.94. The summed E-state index contributed by atoms with van der Waals surface area (Å²) in [7, 11) is -3.38. The van der Waals surface area contributed by atoms with Gasteiger partial charge in [-0.25, -0.2) is 12.8 Å². The molecule has 2 heterocycles. The first kappa shape index (κ1) is 20.6. The van der Waals surface area contributed by atoms with Crippen LogP contribution >= 0.6 is 11.6 Å². The van der Waals surface area contributed by atoms with Crippen LogP contribution < -0.4 is 0 Å². The molecule has 2 saturated heterocycles. The number of benzene rings is 2. The third-order valence-electron chi connectivity index (χ3n) is 5.40. The topological polar surface area (TPSA) is 91.8 Å². The molecule has 2 unspecified atom stereocenters. The second kappa shape index (κ2) is 7.52. The van der Waals surface area contributed by atoms with Gasteiger partial charge in [0.05, 0.1) is 23.1 Å². The predicted octanol–water partition coefficient (Wildman–Crippen LogP) is 3.09. The van der Waals surface area contributed by atoms with E-state index in [1.165, 1.54) is 42.5 Å². The summed E-state index contributed by atoms with van der Waals surface area (Å²) < 4.78 is 38.7. The van der Waals surface area contributed by atoms with Gasteiger partial charge < -0.3 is 10.0 Å². The molecule has 0 aromatic heterocycles. The van der Waals surface area contributed by atoms with Gasteiger partial charge in [0.25, 0.3) is 11.7 Å². The molecule has 1 amide bonds. The minimum Gasteiger partial charge on any atom is -0.507 e. The van der Waals surface area contributed by atoms with E-state index in [0.29, 0.717) is 5.02 Å². The van der Waals surface area contributed by atoms with Crippen molar-refractivity contribution in [3.05, 3.63) is 76.1 Å². The van der Waals surface area contributed by atoms with E-state index in [4.69, 9.17) is 11.6 Å². The molecule has 0 bridgehead atoms. The van der Waals surface area contributed by atoms with Crippen LogP contribution in [0.5, 0.6) is 0 Å². The van der Waals surface area contributed by atoms with Gasteiger partial charge in [-0.15, -0.1) is 0 Å². The second-order valence-electron chi connectivity index (χ2n) is 7.29. The van der Waals surface area contributed by atoms with Crippen molar-refractivity contribution in [2.45, 2.75) is 18.5 Å². The van der Waals surface area contributed by atoms with E-state index in [1.807, 2.05) is 0 Å². The molecule has 0 radical (unpaired) electrons. The zero-order valence-electron chi connectivity index (χ0n) is 15.6. The maximum atomic E-state index is 14.7. The highest BCUT2D eigenvalue weighted by atomic mass is 35.5. The Morgan fingerprint density at radius 2 is 1.77 bits per heavy atom. The fourth-order valence-electron chi connectivity index (χ4n) is 3.99. The summed E-state index contributed by atoms with van der Waals surface area (Å²) in [4.78, 5) is 26.9. The quantitative estimate of drug-likeness (QED) is 0.441. The lowest BCUT2D eigenvalue weighted by Gasteiger charge is -2.30. The minimum atomic E-state index is -3.38. The van der Waals surface area contributed by atoms with E-state index < -0.39 is 45.2 Å². The Bertz CT molecular complexity index is 1180. The SMILES string of the molecule is O=C1C(=O)N(C2CCS(=O)(=O)C2)C(c2ccccc2F)/C1=C(/O)c1ccc(Cl)cc1. The number of hydrogen-bond acceptors (Lipinski definition) is 5. The van der Waals surface area contributed by atoms with Crippen LogP contribution in [-0.4, -0.2) is 47.7 Å². The van der Waals surface area contributed by atoms with Gasteiger partial charge in [-0.2, -0.15) is 0 Å². The minimum absolute atomic E-state index is 0.0107. The summed E-state index contributed by atoms with van der Waals surface area (Å²) in [5.41, 5.74) is -0.0361. The molecule has 1 N–H and O–H groups in total. The molecule has 2 fully saturated rings. The van der Waals surface area contributed by atoms with Crippen LogP contribution in [0.15, 0.2) is 54.1 Å². The first-order valence-electron chi connectivity index (χ1n) is 9.20. The second-order valence-corrected chi connectivity index (χ2v) is 9.96. The van der Waals surface area contributed by atoms with Gasteiger partial charge in [0.1, 0.15) is 11.6 Å². The molecule has 9 heteroatoms. The molecular formula is C21H17ClFNO5S. The fraction of sp³-hybridized carbons (Fsp3) is 0.238. The van der Waals surface area contributed by atoms with E-state index in [9.17, 15) is 27.5 Å². The Kier molecular flexibility index (Phi) is 5.15. The van der Waals surface area contributed by atoms with Crippen molar-refractivity contribution >= 4 is 38.9 Å². The third-order valence-corrected chi connectivity index (χ3v) is 7.40. The number of hydrogen-bond donors (Lipinski definition) is 1. The summed E-state index contributed by atoms with van der Waals surface area (Å²) in [6.07, 6.45) is 0.140. The third kappa shape index (κ3) is 3.50. The highest BCUT2D eigenvalue weighted by Crippen LogP contribution is 2.43. The summed E-state index contributed by atoms with van der Waals surface area (Å²) >= 11 is 5.88. The van der Waals surface area contributed by atoms with Crippen molar-refractivity contribution in [2.24, 2.45) is 0 Å². The van der Waals surface area contributed by atoms with Crippen molar-refractivity contribution in [3.63, 3.8) is 0 Å². The van der Waals surface area contributed by atoms with Crippen molar-refractivity contribution in [3.8, 4) is 0 Å². The normalized spacial score (nSPS) is 25.1. The van der Waals surface area contributed by atoms with Gasteiger partial charge in [-0.05, 0) is 36.8 Å². The van der Waals surface area contributed by atoms with Crippen LogP contribution in [0.1, 0.15) is 23.6 Å². The Labute approximate surface area is 177 Å². The Balaban J connectivity index is 1.91. The van der Waals surface area contributed by atoms with Crippen molar-refractivity contribution in [1.82, 2.24) is 4.90 Å². The summed E-state index contributed by atoms with van der Waals surface area (Å²) in [6, 6.07) is 9.55. The number of Topliss-reactive ketones (excluding diaryl/α,β-unsaturated/α-hetero) is 1. The van der Waals surface area contributed by atoms with E-state index in [1.54, 1.807) is 6.07 Å².